The van der Waals surface area contributed by atoms with Gasteiger partial charge in [0.15, 0.2) is 5.69 Å². The minimum Gasteiger partial charge on any atom is -0.245 e. The Balaban J connectivity index is 3.13. The summed E-state index contributed by atoms with van der Waals surface area (Å²) in [7, 11) is 0. The van der Waals surface area contributed by atoms with Crippen molar-refractivity contribution in [2.75, 3.05) is 0 Å². The van der Waals surface area contributed by atoms with Gasteiger partial charge in [-0.25, -0.2) is 4.68 Å². The first-order valence-electron chi connectivity index (χ1n) is 3.13. The maximum Gasteiger partial charge on any atom is 0.435 e. The lowest BCUT2D eigenvalue weighted by atomic mass is 10.4. The van der Waals surface area contributed by atoms with E-state index < -0.39 is 11.9 Å². The zero-order chi connectivity index (χ0) is 9.35. The Morgan fingerprint density at radius 3 is 2.42 bits per heavy atom. The van der Waals surface area contributed by atoms with E-state index in [0.29, 0.717) is 5.69 Å². The van der Waals surface area contributed by atoms with E-state index >= 15 is 0 Å². The van der Waals surface area contributed by atoms with E-state index in [-0.39, 0.29) is 0 Å². The van der Waals surface area contributed by atoms with Gasteiger partial charge in [0.25, 0.3) is 0 Å². The smallest absolute Gasteiger partial charge is 0.245 e. The van der Waals surface area contributed by atoms with Crippen molar-refractivity contribution in [3.05, 3.63) is 24.0 Å². The van der Waals surface area contributed by atoms with Gasteiger partial charge in [-0.15, -0.1) is 0 Å². The third-order valence-electron chi connectivity index (χ3n) is 1.35. The predicted molar refractivity (Wildman–Crippen MR) is 37.0 cm³/mol. The molecule has 1 heterocycles. The topological polar surface area (TPSA) is 17.8 Å². The fourth-order valence-corrected chi connectivity index (χ4v) is 0.777. The molecule has 0 saturated heterocycles. The first kappa shape index (κ1) is 8.83. The predicted octanol–water partition coefficient (Wildman–Crippen LogP) is 2.11. The minimum atomic E-state index is -4.40. The normalized spacial score (nSPS) is 11.7. The molecule has 1 radical (unpaired) electrons. The highest BCUT2D eigenvalue weighted by Crippen LogP contribution is 2.28. The van der Waals surface area contributed by atoms with E-state index in [9.17, 15) is 13.2 Å². The molecule has 0 aliphatic carbocycles. The summed E-state index contributed by atoms with van der Waals surface area (Å²) in [5, 5.41) is 3.21. The van der Waals surface area contributed by atoms with Crippen LogP contribution in [-0.4, -0.2) is 9.78 Å². The molecule has 0 aliphatic rings. The van der Waals surface area contributed by atoms with Crippen LogP contribution in [0.15, 0.2) is 6.07 Å². The molecule has 0 spiro atoms. The van der Waals surface area contributed by atoms with Crippen molar-refractivity contribution in [2.24, 2.45) is 0 Å². The molecule has 0 N–H and O–H groups in total. The van der Waals surface area contributed by atoms with Crippen LogP contribution in [0.5, 0.6) is 0 Å². The number of hydrogen-bond acceptors (Lipinski definition) is 1. The largest absolute Gasteiger partial charge is 0.435 e. The number of alkyl halides is 3. The van der Waals surface area contributed by atoms with Crippen molar-refractivity contribution in [1.82, 2.24) is 9.78 Å². The molecule has 0 aliphatic heterocycles. The van der Waals surface area contributed by atoms with Gasteiger partial charge in [0, 0.05) is 11.9 Å². The van der Waals surface area contributed by atoms with Crippen LogP contribution in [0.1, 0.15) is 11.4 Å². The van der Waals surface area contributed by atoms with Gasteiger partial charge in [0.2, 0.25) is 0 Å². The van der Waals surface area contributed by atoms with Crippen LogP contribution in [-0.2, 0) is 6.18 Å². The van der Waals surface area contributed by atoms with Crippen LogP contribution in [0.4, 0.5) is 13.2 Å². The van der Waals surface area contributed by atoms with Gasteiger partial charge < -0.3 is 0 Å². The fourth-order valence-electron chi connectivity index (χ4n) is 0.777. The Hall–Kier alpha value is -1.26. The van der Waals surface area contributed by atoms with E-state index in [1.165, 1.54) is 6.92 Å². The summed E-state index contributed by atoms with van der Waals surface area (Å²) in [6.45, 7) is 6.51. The Morgan fingerprint density at radius 1 is 1.58 bits per heavy atom. The number of halogens is 3. The quantitative estimate of drug-likeness (QED) is 0.639. The average molecular weight is 175 g/mol. The molecule has 0 bridgehead atoms. The molecule has 0 saturated carbocycles. The lowest BCUT2D eigenvalue weighted by Gasteiger charge is -1.99. The standard InChI is InChI=1S/C7H6F3N2/c1-3-12-5(2)4-6(11-12)7(8,9)10/h1,3-4H,2H3. The van der Waals surface area contributed by atoms with Gasteiger partial charge in [0.05, 0.1) is 0 Å². The first-order valence-corrected chi connectivity index (χ1v) is 3.13. The molecule has 0 aromatic carbocycles. The fraction of sp³-hybridized carbons (Fsp3) is 0.286. The van der Waals surface area contributed by atoms with Gasteiger partial charge >= 0.3 is 6.18 Å². The summed E-state index contributed by atoms with van der Waals surface area (Å²) >= 11 is 0. The van der Waals surface area contributed by atoms with Gasteiger partial charge in [-0.3, -0.25) is 0 Å². The van der Waals surface area contributed by atoms with Crippen LogP contribution in [0.3, 0.4) is 0 Å². The second-order valence-corrected chi connectivity index (χ2v) is 2.26. The minimum absolute atomic E-state index is 0.352. The number of aryl methyl sites for hydroxylation is 1. The molecule has 1 rings (SSSR count). The summed E-state index contributed by atoms with van der Waals surface area (Å²) in [5.74, 6) is 0. The van der Waals surface area contributed by atoms with Gasteiger partial charge in [0.1, 0.15) is 0 Å². The third-order valence-corrected chi connectivity index (χ3v) is 1.35. The maximum absolute atomic E-state index is 12.0. The second kappa shape index (κ2) is 2.66. The number of nitrogens with zero attached hydrogens (tertiary/aromatic N) is 2. The SMILES string of the molecule is [CH]=Cn1nc(C(F)(F)F)cc1C. The molecule has 2 nitrogen and oxygen atoms in total. The van der Waals surface area contributed by atoms with E-state index in [0.717, 1.165) is 16.9 Å². The number of rotatable bonds is 1. The van der Waals surface area contributed by atoms with Crippen LogP contribution in [0, 0.1) is 13.5 Å². The monoisotopic (exact) mass is 175 g/mol. The van der Waals surface area contributed by atoms with E-state index in [4.69, 9.17) is 6.58 Å². The zero-order valence-corrected chi connectivity index (χ0v) is 6.26. The third kappa shape index (κ3) is 1.49. The van der Waals surface area contributed by atoms with Crippen LogP contribution in [0.2, 0.25) is 0 Å². The van der Waals surface area contributed by atoms with E-state index in [1.807, 2.05) is 0 Å². The highest BCUT2D eigenvalue weighted by molar-refractivity contribution is 5.22. The van der Waals surface area contributed by atoms with Crippen LogP contribution in [0.25, 0.3) is 6.20 Å². The van der Waals surface area contributed by atoms with Crippen LogP contribution < -0.4 is 0 Å². The summed E-state index contributed by atoms with van der Waals surface area (Å²) in [4.78, 5) is 0. The summed E-state index contributed by atoms with van der Waals surface area (Å²) in [5.41, 5.74) is -0.577. The molecular formula is C7H6F3N2. The first-order chi connectivity index (χ1) is 5.45. The molecule has 0 fully saturated rings. The van der Waals surface area contributed by atoms with Crippen LogP contribution >= 0.6 is 0 Å². The maximum atomic E-state index is 12.0. The van der Waals surface area contributed by atoms with Crippen molar-refractivity contribution in [3.8, 4) is 0 Å². The molecule has 5 heteroatoms. The molecule has 65 valence electrons. The second-order valence-electron chi connectivity index (χ2n) is 2.26. The Morgan fingerprint density at radius 2 is 2.17 bits per heavy atom. The average Bonchev–Trinajstić information content (AvgIpc) is 2.29. The van der Waals surface area contributed by atoms with E-state index in [2.05, 4.69) is 5.10 Å². The van der Waals surface area contributed by atoms with Crippen molar-refractivity contribution < 1.29 is 13.2 Å². The van der Waals surface area contributed by atoms with Gasteiger partial charge in [-0.1, -0.05) is 0 Å². The van der Waals surface area contributed by atoms with Crippen molar-refractivity contribution in [3.63, 3.8) is 0 Å². The highest BCUT2D eigenvalue weighted by Gasteiger charge is 2.34. The van der Waals surface area contributed by atoms with Crippen molar-refractivity contribution in [2.45, 2.75) is 13.1 Å². The highest BCUT2D eigenvalue weighted by atomic mass is 19.4. The lowest BCUT2D eigenvalue weighted by molar-refractivity contribution is -0.141. The van der Waals surface area contributed by atoms with Gasteiger partial charge in [-0.2, -0.15) is 18.3 Å². The molecule has 0 atom stereocenters. The number of aromatic nitrogens is 2. The number of hydrogen-bond donors (Lipinski definition) is 0. The summed E-state index contributed by atoms with van der Waals surface area (Å²) in [6, 6.07) is 0.934. The van der Waals surface area contributed by atoms with Gasteiger partial charge in [-0.05, 0) is 19.6 Å². The van der Waals surface area contributed by atoms with E-state index in [1.54, 1.807) is 0 Å². The lowest BCUT2D eigenvalue weighted by Crippen LogP contribution is -2.06. The Labute approximate surface area is 67.3 Å². The molecule has 1 aromatic heterocycles. The molecule has 0 amide bonds. The molecule has 12 heavy (non-hydrogen) atoms. The summed E-state index contributed by atoms with van der Waals surface area (Å²) < 4.78 is 36.9. The molecule has 0 unspecified atom stereocenters. The molecule has 1 aromatic rings. The summed E-state index contributed by atoms with van der Waals surface area (Å²) in [6.07, 6.45) is -3.43. The Bertz CT molecular complexity index is 298. The molecular weight excluding hydrogens is 169 g/mol. The Kier molecular flexibility index (Phi) is 1.95. The zero-order valence-electron chi connectivity index (χ0n) is 6.26. The van der Waals surface area contributed by atoms with Crippen molar-refractivity contribution in [1.29, 1.82) is 0 Å². The van der Waals surface area contributed by atoms with Crippen molar-refractivity contribution >= 4 is 6.20 Å².